The molecule has 7 heteroatoms. The van der Waals surface area contributed by atoms with Crippen molar-refractivity contribution in [3.63, 3.8) is 0 Å². The van der Waals surface area contributed by atoms with Crippen molar-refractivity contribution in [2.75, 3.05) is 0 Å². The van der Waals surface area contributed by atoms with Gasteiger partial charge in [-0.1, -0.05) is 11.6 Å². The second kappa shape index (κ2) is 5.22. The quantitative estimate of drug-likeness (QED) is 0.909. The van der Waals surface area contributed by atoms with Gasteiger partial charge < -0.3 is 5.11 Å². The summed E-state index contributed by atoms with van der Waals surface area (Å²) < 4.78 is 39.4. The van der Waals surface area contributed by atoms with E-state index in [0.717, 1.165) is 5.56 Å². The maximum atomic E-state index is 12.6. The van der Waals surface area contributed by atoms with E-state index in [2.05, 4.69) is 5.10 Å². The fourth-order valence-corrected chi connectivity index (χ4v) is 3.10. The predicted molar refractivity (Wildman–Crippen MR) is 69.6 cm³/mol. The number of rotatable bonds is 2. The SMILES string of the molecule is Cc1nn(C)c(Cl)c1CC1(O)CCC(C(F)(F)F)CC1. The number of alkyl halides is 3. The van der Waals surface area contributed by atoms with Gasteiger partial charge in [0, 0.05) is 19.0 Å². The van der Waals surface area contributed by atoms with Gasteiger partial charge in [-0.25, -0.2) is 0 Å². The van der Waals surface area contributed by atoms with Gasteiger partial charge in [0.25, 0.3) is 0 Å². The Labute approximate surface area is 120 Å². The highest BCUT2D eigenvalue weighted by Crippen LogP contribution is 2.42. The lowest BCUT2D eigenvalue weighted by atomic mass is 9.75. The molecule has 0 amide bonds. The monoisotopic (exact) mass is 310 g/mol. The van der Waals surface area contributed by atoms with Crippen LogP contribution in [0, 0.1) is 12.8 Å². The molecule has 0 aliphatic heterocycles. The molecule has 1 aliphatic rings. The molecule has 0 radical (unpaired) electrons. The molecule has 1 heterocycles. The lowest BCUT2D eigenvalue weighted by Crippen LogP contribution is -2.40. The van der Waals surface area contributed by atoms with E-state index in [0.29, 0.717) is 10.8 Å². The summed E-state index contributed by atoms with van der Waals surface area (Å²) in [5.74, 6) is -1.30. The van der Waals surface area contributed by atoms with Crippen LogP contribution < -0.4 is 0 Å². The summed E-state index contributed by atoms with van der Waals surface area (Å²) in [6.45, 7) is 1.78. The first kappa shape index (κ1) is 15.6. The molecule has 1 aromatic heterocycles. The van der Waals surface area contributed by atoms with Gasteiger partial charge in [0.1, 0.15) is 5.15 Å². The van der Waals surface area contributed by atoms with Crippen LogP contribution in [-0.2, 0) is 13.5 Å². The van der Waals surface area contributed by atoms with E-state index < -0.39 is 17.7 Å². The van der Waals surface area contributed by atoms with E-state index >= 15 is 0 Å². The van der Waals surface area contributed by atoms with E-state index in [1.165, 1.54) is 4.68 Å². The zero-order valence-electron chi connectivity index (χ0n) is 11.5. The summed E-state index contributed by atoms with van der Waals surface area (Å²) in [7, 11) is 1.70. The van der Waals surface area contributed by atoms with Gasteiger partial charge in [0.05, 0.1) is 17.2 Å². The Balaban J connectivity index is 2.07. The first-order chi connectivity index (χ1) is 9.12. The summed E-state index contributed by atoms with van der Waals surface area (Å²) in [4.78, 5) is 0. The zero-order valence-corrected chi connectivity index (χ0v) is 12.2. The van der Waals surface area contributed by atoms with Crippen LogP contribution in [-0.4, -0.2) is 26.7 Å². The van der Waals surface area contributed by atoms with Crippen molar-refractivity contribution in [1.29, 1.82) is 0 Å². The number of aryl methyl sites for hydroxylation is 2. The van der Waals surface area contributed by atoms with Gasteiger partial charge in [0.15, 0.2) is 0 Å². The molecule has 0 bridgehead atoms. The molecule has 1 aromatic rings. The van der Waals surface area contributed by atoms with Crippen molar-refractivity contribution < 1.29 is 18.3 Å². The molecule has 3 nitrogen and oxygen atoms in total. The second-order valence-electron chi connectivity index (χ2n) is 5.70. The average molecular weight is 311 g/mol. The van der Waals surface area contributed by atoms with Crippen molar-refractivity contribution in [2.24, 2.45) is 13.0 Å². The normalized spacial score (nSPS) is 27.9. The Kier molecular flexibility index (Phi) is 4.08. The number of hydrogen-bond acceptors (Lipinski definition) is 2. The third kappa shape index (κ3) is 3.11. The highest BCUT2D eigenvalue weighted by Gasteiger charge is 2.45. The fraction of sp³-hybridized carbons (Fsp3) is 0.769. The molecule has 114 valence electrons. The number of hydrogen-bond donors (Lipinski definition) is 1. The van der Waals surface area contributed by atoms with Gasteiger partial charge in [-0.05, 0) is 32.6 Å². The smallest absolute Gasteiger partial charge is 0.390 e. The highest BCUT2D eigenvalue weighted by molar-refractivity contribution is 6.30. The number of nitrogens with zero attached hydrogens (tertiary/aromatic N) is 2. The first-order valence-electron chi connectivity index (χ1n) is 6.59. The summed E-state index contributed by atoms with van der Waals surface area (Å²) in [5.41, 5.74) is 0.324. The Hall–Kier alpha value is -0.750. The first-order valence-corrected chi connectivity index (χ1v) is 6.97. The van der Waals surface area contributed by atoms with E-state index in [1.807, 2.05) is 0 Å². The van der Waals surface area contributed by atoms with Crippen LogP contribution in [0.25, 0.3) is 0 Å². The van der Waals surface area contributed by atoms with Crippen molar-refractivity contribution in [3.8, 4) is 0 Å². The summed E-state index contributed by atoms with van der Waals surface area (Å²) >= 11 is 6.11. The van der Waals surface area contributed by atoms with Crippen molar-refractivity contribution in [3.05, 3.63) is 16.4 Å². The molecule has 0 unspecified atom stereocenters. The summed E-state index contributed by atoms with van der Waals surface area (Å²) in [6, 6.07) is 0. The molecule has 2 rings (SSSR count). The molecule has 0 atom stereocenters. The molecule has 1 aliphatic carbocycles. The largest absolute Gasteiger partial charge is 0.391 e. The lowest BCUT2D eigenvalue weighted by molar-refractivity contribution is -0.192. The van der Waals surface area contributed by atoms with Crippen LogP contribution in [0.3, 0.4) is 0 Å². The predicted octanol–water partition coefficient (Wildman–Crippen LogP) is 3.41. The van der Waals surface area contributed by atoms with E-state index in [9.17, 15) is 18.3 Å². The molecule has 1 saturated carbocycles. The van der Waals surface area contributed by atoms with Gasteiger partial charge in [-0.2, -0.15) is 18.3 Å². The van der Waals surface area contributed by atoms with E-state index in [4.69, 9.17) is 11.6 Å². The van der Waals surface area contributed by atoms with Crippen LogP contribution in [0.5, 0.6) is 0 Å². The van der Waals surface area contributed by atoms with Crippen LogP contribution in [0.1, 0.15) is 36.9 Å². The lowest BCUT2D eigenvalue weighted by Gasteiger charge is -2.36. The summed E-state index contributed by atoms with van der Waals surface area (Å²) in [6.07, 6.45) is -3.68. The summed E-state index contributed by atoms with van der Waals surface area (Å²) in [5, 5.41) is 15.1. The average Bonchev–Trinajstić information content (AvgIpc) is 2.55. The molecule has 1 N–H and O–H groups in total. The van der Waals surface area contributed by atoms with E-state index in [-0.39, 0.29) is 32.1 Å². The van der Waals surface area contributed by atoms with Gasteiger partial charge in [-0.3, -0.25) is 4.68 Å². The van der Waals surface area contributed by atoms with E-state index in [1.54, 1.807) is 14.0 Å². The van der Waals surface area contributed by atoms with Gasteiger partial charge >= 0.3 is 6.18 Å². The Morgan fingerprint density at radius 3 is 2.35 bits per heavy atom. The maximum absolute atomic E-state index is 12.6. The minimum absolute atomic E-state index is 0.0308. The van der Waals surface area contributed by atoms with Crippen molar-refractivity contribution in [2.45, 2.75) is 50.8 Å². The molecule has 0 saturated heterocycles. The Morgan fingerprint density at radius 1 is 1.40 bits per heavy atom. The number of halogens is 4. The molecular formula is C13H18ClF3N2O. The third-order valence-electron chi connectivity index (χ3n) is 4.15. The zero-order chi connectivity index (χ0) is 15.1. The Bertz CT molecular complexity index is 491. The fourth-order valence-electron chi connectivity index (χ4n) is 2.86. The molecular weight excluding hydrogens is 293 g/mol. The van der Waals surface area contributed by atoms with Gasteiger partial charge in [0.2, 0.25) is 0 Å². The number of aromatic nitrogens is 2. The molecule has 0 aromatic carbocycles. The Morgan fingerprint density at radius 2 is 1.95 bits per heavy atom. The van der Waals surface area contributed by atoms with Crippen LogP contribution >= 0.6 is 11.6 Å². The third-order valence-corrected chi connectivity index (χ3v) is 4.63. The topological polar surface area (TPSA) is 38.0 Å². The van der Waals surface area contributed by atoms with Crippen LogP contribution in [0.15, 0.2) is 0 Å². The van der Waals surface area contributed by atoms with Gasteiger partial charge in [-0.15, -0.1) is 0 Å². The minimum atomic E-state index is -4.16. The minimum Gasteiger partial charge on any atom is -0.390 e. The standard InChI is InChI=1S/C13H18ClF3N2O/c1-8-10(11(14)19(2)18-8)7-12(20)5-3-9(4-6-12)13(15,16)17/h9,20H,3-7H2,1-2H3. The maximum Gasteiger partial charge on any atom is 0.391 e. The van der Waals surface area contributed by atoms with Crippen LogP contribution in [0.2, 0.25) is 5.15 Å². The second-order valence-corrected chi connectivity index (χ2v) is 6.05. The number of aliphatic hydroxyl groups is 1. The highest BCUT2D eigenvalue weighted by atomic mass is 35.5. The van der Waals surface area contributed by atoms with Crippen molar-refractivity contribution >= 4 is 11.6 Å². The molecule has 20 heavy (non-hydrogen) atoms. The van der Waals surface area contributed by atoms with Crippen LogP contribution in [0.4, 0.5) is 13.2 Å². The molecule has 1 fully saturated rings. The molecule has 0 spiro atoms. The van der Waals surface area contributed by atoms with Crippen molar-refractivity contribution in [1.82, 2.24) is 9.78 Å².